The summed E-state index contributed by atoms with van der Waals surface area (Å²) in [5, 5.41) is 2.76. The summed E-state index contributed by atoms with van der Waals surface area (Å²) in [6.07, 6.45) is 6.89. The van der Waals surface area contributed by atoms with E-state index < -0.39 is 36.3 Å². The van der Waals surface area contributed by atoms with Crippen molar-refractivity contribution in [1.29, 1.82) is 0 Å². The van der Waals surface area contributed by atoms with E-state index in [1.54, 1.807) is 31.2 Å². The van der Waals surface area contributed by atoms with Crippen LogP contribution in [-0.4, -0.2) is 58.6 Å². The summed E-state index contributed by atoms with van der Waals surface area (Å²) in [6, 6.07) is 5.60. The van der Waals surface area contributed by atoms with Crippen molar-refractivity contribution in [3.8, 4) is 0 Å². The fourth-order valence-corrected chi connectivity index (χ4v) is 4.45. The molecule has 2 aliphatic heterocycles. The predicted octanol–water partition coefficient (Wildman–Crippen LogP) is 2.43. The van der Waals surface area contributed by atoms with Crippen LogP contribution in [0.2, 0.25) is 0 Å². The molecule has 0 spiro atoms. The van der Waals surface area contributed by atoms with Crippen molar-refractivity contribution in [3.63, 3.8) is 0 Å². The summed E-state index contributed by atoms with van der Waals surface area (Å²) in [5.41, 5.74) is 2.15. The van der Waals surface area contributed by atoms with Crippen molar-refractivity contribution in [2.75, 3.05) is 23.3 Å². The Morgan fingerprint density at radius 2 is 1.81 bits per heavy atom. The number of urea groups is 1. The van der Waals surface area contributed by atoms with Crippen LogP contribution in [0.15, 0.2) is 35.9 Å². The lowest BCUT2D eigenvalue weighted by atomic mass is 9.97. The van der Waals surface area contributed by atoms with Gasteiger partial charge in [0.05, 0.1) is 11.4 Å². The summed E-state index contributed by atoms with van der Waals surface area (Å²) in [7, 11) is 0. The summed E-state index contributed by atoms with van der Waals surface area (Å²) in [4.78, 5) is 66.1. The molecular formula is C23H26N4O5. The Morgan fingerprint density at radius 1 is 1.06 bits per heavy atom. The average Bonchev–Trinajstić information content (AvgIpc) is 2.89. The Labute approximate surface area is 186 Å². The second-order valence-corrected chi connectivity index (χ2v) is 8.37. The van der Waals surface area contributed by atoms with E-state index in [-0.39, 0.29) is 18.9 Å². The van der Waals surface area contributed by atoms with Crippen LogP contribution in [0.4, 0.5) is 16.2 Å². The van der Waals surface area contributed by atoms with Gasteiger partial charge < -0.3 is 10.2 Å². The fourth-order valence-electron chi connectivity index (χ4n) is 4.45. The number of nitrogens with one attached hydrogen (secondary N) is 1. The molecule has 3 aliphatic rings. The molecule has 1 aromatic carbocycles. The number of benzene rings is 1. The van der Waals surface area contributed by atoms with Gasteiger partial charge in [-0.05, 0) is 51.2 Å². The van der Waals surface area contributed by atoms with E-state index in [1.807, 2.05) is 0 Å². The van der Waals surface area contributed by atoms with Crippen LogP contribution < -0.4 is 10.2 Å². The quantitative estimate of drug-likeness (QED) is 0.432. The van der Waals surface area contributed by atoms with Crippen molar-refractivity contribution in [3.05, 3.63) is 35.9 Å². The van der Waals surface area contributed by atoms with Gasteiger partial charge in [-0.25, -0.2) is 9.69 Å². The summed E-state index contributed by atoms with van der Waals surface area (Å²) in [5.74, 6) is -2.66. The zero-order chi connectivity index (χ0) is 22.8. The van der Waals surface area contributed by atoms with Crippen molar-refractivity contribution in [2.24, 2.45) is 0 Å². The van der Waals surface area contributed by atoms with Gasteiger partial charge in [-0.2, -0.15) is 0 Å². The van der Waals surface area contributed by atoms with Crippen molar-refractivity contribution >= 4 is 41.0 Å². The molecule has 0 saturated carbocycles. The maximum Gasteiger partial charge on any atom is 0.334 e. The Morgan fingerprint density at radius 3 is 2.56 bits per heavy atom. The number of para-hydroxylation sites is 2. The monoisotopic (exact) mass is 438 g/mol. The number of nitrogens with zero attached hydrogens (tertiary/aromatic N) is 3. The molecule has 1 aliphatic carbocycles. The highest BCUT2D eigenvalue weighted by Crippen LogP contribution is 2.31. The van der Waals surface area contributed by atoms with E-state index in [0.29, 0.717) is 22.7 Å². The van der Waals surface area contributed by atoms with E-state index in [2.05, 4.69) is 11.4 Å². The Hall–Kier alpha value is -3.49. The van der Waals surface area contributed by atoms with Gasteiger partial charge in [-0.15, -0.1) is 0 Å². The minimum absolute atomic E-state index is 0.0719. The molecule has 32 heavy (non-hydrogen) atoms. The first-order chi connectivity index (χ1) is 15.4. The van der Waals surface area contributed by atoms with Gasteiger partial charge in [0.25, 0.3) is 0 Å². The molecule has 1 fully saturated rings. The molecule has 0 radical (unpaired) electrons. The minimum atomic E-state index is -0.995. The van der Waals surface area contributed by atoms with Gasteiger partial charge in [-0.1, -0.05) is 23.8 Å². The van der Waals surface area contributed by atoms with Crippen molar-refractivity contribution < 1.29 is 24.0 Å². The van der Waals surface area contributed by atoms with Crippen molar-refractivity contribution in [1.82, 2.24) is 9.80 Å². The highest BCUT2D eigenvalue weighted by Gasteiger charge is 2.46. The van der Waals surface area contributed by atoms with Gasteiger partial charge in [0.1, 0.15) is 6.54 Å². The van der Waals surface area contributed by atoms with Crippen LogP contribution in [0, 0.1) is 0 Å². The highest BCUT2D eigenvalue weighted by molar-refractivity contribution is 6.45. The second-order valence-electron chi connectivity index (χ2n) is 8.37. The van der Waals surface area contributed by atoms with Crippen LogP contribution in [-0.2, 0) is 19.2 Å². The molecule has 1 N–H and O–H groups in total. The lowest BCUT2D eigenvalue weighted by Crippen LogP contribution is -2.47. The topological polar surface area (TPSA) is 107 Å². The Balaban J connectivity index is 1.49. The molecule has 168 valence electrons. The third-order valence-corrected chi connectivity index (χ3v) is 6.10. The number of carbonyl (C=O) groups excluding carboxylic acids is 5. The van der Waals surface area contributed by atoms with Gasteiger partial charge >= 0.3 is 17.8 Å². The number of amides is 6. The lowest BCUT2D eigenvalue weighted by Gasteiger charge is -2.29. The first kappa shape index (κ1) is 21.7. The number of anilines is 2. The van der Waals surface area contributed by atoms with Crippen LogP contribution in [0.25, 0.3) is 0 Å². The summed E-state index contributed by atoms with van der Waals surface area (Å²) >= 11 is 0. The summed E-state index contributed by atoms with van der Waals surface area (Å²) < 4.78 is 0. The molecular weight excluding hydrogens is 412 g/mol. The molecule has 9 heteroatoms. The maximum atomic E-state index is 13.2. The van der Waals surface area contributed by atoms with Crippen LogP contribution >= 0.6 is 0 Å². The molecule has 0 bridgehead atoms. The zero-order valence-electron chi connectivity index (χ0n) is 18.0. The van der Waals surface area contributed by atoms with Gasteiger partial charge in [0.15, 0.2) is 0 Å². The van der Waals surface area contributed by atoms with E-state index >= 15 is 0 Å². The number of rotatable bonds is 5. The molecule has 2 heterocycles. The van der Waals surface area contributed by atoms with Crippen LogP contribution in [0.5, 0.6) is 0 Å². The van der Waals surface area contributed by atoms with Crippen molar-refractivity contribution in [2.45, 2.75) is 51.5 Å². The molecule has 1 aromatic rings. The third kappa shape index (κ3) is 4.15. The summed E-state index contributed by atoms with van der Waals surface area (Å²) in [6.45, 7) is 1.29. The average molecular weight is 438 g/mol. The van der Waals surface area contributed by atoms with E-state index in [9.17, 15) is 24.0 Å². The maximum absolute atomic E-state index is 13.2. The second kappa shape index (κ2) is 8.94. The molecule has 1 atom stereocenters. The number of hydrogen-bond donors (Lipinski definition) is 1. The number of carbonyl (C=O) groups is 5. The first-order valence-corrected chi connectivity index (χ1v) is 10.9. The van der Waals surface area contributed by atoms with Crippen LogP contribution in [0.1, 0.15) is 45.4 Å². The number of imide groups is 2. The Bertz CT molecular complexity index is 1020. The van der Waals surface area contributed by atoms with Crippen LogP contribution in [0.3, 0.4) is 0 Å². The molecule has 1 saturated heterocycles. The molecule has 0 aromatic heterocycles. The number of hydrogen-bond acceptors (Lipinski definition) is 5. The van der Waals surface area contributed by atoms with E-state index in [1.165, 1.54) is 10.5 Å². The highest BCUT2D eigenvalue weighted by atomic mass is 16.2. The SMILES string of the molecule is CC1CC(=O)Nc2ccccc2N1C(=O)CN1C(=O)C(=O)N(CCC2=CCCCC2)C1=O. The molecule has 4 rings (SSSR count). The Kier molecular flexibility index (Phi) is 6.07. The normalized spacial score (nSPS) is 21.3. The molecule has 1 unspecified atom stereocenters. The van der Waals surface area contributed by atoms with Gasteiger partial charge in [0, 0.05) is 19.0 Å². The standard InChI is InChI=1S/C23H26N4O5/c1-15-13-19(28)24-17-9-5-6-10-18(17)27(15)20(29)14-26-22(31)21(30)25(23(26)32)12-11-16-7-3-2-4-8-16/h5-7,9-10,15H,2-4,8,11-14H2,1H3,(H,24,28). The molecule has 9 nitrogen and oxygen atoms in total. The smallest absolute Gasteiger partial charge is 0.324 e. The zero-order valence-corrected chi connectivity index (χ0v) is 18.0. The predicted molar refractivity (Wildman–Crippen MR) is 117 cm³/mol. The third-order valence-electron chi connectivity index (χ3n) is 6.10. The number of fused-ring (bicyclic) bond motifs is 1. The van der Waals surface area contributed by atoms with Gasteiger partial charge in [-0.3, -0.25) is 24.1 Å². The fraction of sp³-hybridized carbons (Fsp3) is 0.435. The van der Waals surface area contributed by atoms with Gasteiger partial charge in [0.2, 0.25) is 11.8 Å². The lowest BCUT2D eigenvalue weighted by molar-refractivity contribution is -0.143. The van der Waals surface area contributed by atoms with E-state index in [0.717, 1.165) is 30.6 Å². The number of allylic oxidation sites excluding steroid dienone is 1. The van der Waals surface area contributed by atoms with E-state index in [4.69, 9.17) is 0 Å². The largest absolute Gasteiger partial charge is 0.334 e. The molecule has 6 amide bonds. The minimum Gasteiger partial charge on any atom is -0.324 e. The first-order valence-electron chi connectivity index (χ1n) is 10.9.